The van der Waals surface area contributed by atoms with E-state index in [4.69, 9.17) is 4.74 Å². The Balaban J connectivity index is 3.40. The minimum absolute atomic E-state index is 0.0809. The topological polar surface area (TPSA) is 38.7 Å². The number of esters is 1. The van der Waals surface area contributed by atoms with Gasteiger partial charge in [0.25, 0.3) is 0 Å². The molecule has 0 radical (unpaired) electrons. The third-order valence-electron chi connectivity index (χ3n) is 4.54. The molecule has 142 valence electrons. The van der Waals surface area contributed by atoms with Crippen LogP contribution in [0.5, 0.6) is 0 Å². The monoisotopic (exact) mass is 339 g/mol. The molecular weight excluding hydrogens is 298 g/mol. The first kappa shape index (κ1) is 23.1. The van der Waals surface area contributed by atoms with Crippen LogP contribution < -0.4 is 0 Å². The first-order valence-electron chi connectivity index (χ1n) is 10.3. The summed E-state index contributed by atoms with van der Waals surface area (Å²) < 4.78 is 4.95. The fraction of sp³-hybridized carbons (Fsp3) is 0.905. The fourth-order valence-electron chi connectivity index (χ4n) is 3.01. The van der Waals surface area contributed by atoms with Crippen LogP contribution in [-0.4, -0.2) is 25.3 Å². The zero-order chi connectivity index (χ0) is 17.9. The number of carbonyl (C=O) groups is 1. The SMILES string of the molecule is CCCCCCCCCCCCCC(CCCC(=O)OCC)=NC. The van der Waals surface area contributed by atoms with Crippen LogP contribution in [-0.2, 0) is 9.53 Å². The molecule has 0 heterocycles. The van der Waals surface area contributed by atoms with Crippen LogP contribution in [0.15, 0.2) is 4.99 Å². The van der Waals surface area contributed by atoms with E-state index in [1.807, 2.05) is 14.0 Å². The van der Waals surface area contributed by atoms with Crippen LogP contribution in [0.1, 0.15) is 110 Å². The van der Waals surface area contributed by atoms with E-state index in [9.17, 15) is 4.79 Å². The second kappa shape index (κ2) is 18.5. The van der Waals surface area contributed by atoms with Gasteiger partial charge in [-0.15, -0.1) is 0 Å². The summed E-state index contributed by atoms with van der Waals surface area (Å²) in [7, 11) is 1.87. The van der Waals surface area contributed by atoms with E-state index in [-0.39, 0.29) is 5.97 Å². The second-order valence-electron chi connectivity index (χ2n) is 6.73. The van der Waals surface area contributed by atoms with Crippen molar-refractivity contribution in [2.75, 3.05) is 13.7 Å². The van der Waals surface area contributed by atoms with Gasteiger partial charge in [-0.2, -0.15) is 0 Å². The van der Waals surface area contributed by atoms with Gasteiger partial charge in [0.1, 0.15) is 0 Å². The number of rotatable bonds is 17. The number of hydrogen-bond acceptors (Lipinski definition) is 3. The van der Waals surface area contributed by atoms with Gasteiger partial charge < -0.3 is 4.74 Å². The third kappa shape index (κ3) is 16.0. The van der Waals surface area contributed by atoms with E-state index in [1.54, 1.807) is 0 Å². The number of ether oxygens (including phenoxy) is 1. The fourth-order valence-corrected chi connectivity index (χ4v) is 3.01. The Kier molecular flexibility index (Phi) is 17.8. The molecule has 0 aromatic rings. The average molecular weight is 340 g/mol. The van der Waals surface area contributed by atoms with Crippen LogP contribution in [0.2, 0.25) is 0 Å². The van der Waals surface area contributed by atoms with Gasteiger partial charge in [-0.25, -0.2) is 0 Å². The highest BCUT2D eigenvalue weighted by Crippen LogP contribution is 2.13. The van der Waals surface area contributed by atoms with E-state index >= 15 is 0 Å². The summed E-state index contributed by atoms with van der Waals surface area (Å²) in [5.74, 6) is -0.0809. The number of nitrogens with zero attached hydrogens (tertiary/aromatic N) is 1. The van der Waals surface area contributed by atoms with Crippen LogP contribution in [0.25, 0.3) is 0 Å². The lowest BCUT2D eigenvalue weighted by atomic mass is 10.0. The van der Waals surface area contributed by atoms with Crippen molar-refractivity contribution < 1.29 is 9.53 Å². The molecule has 0 N–H and O–H groups in total. The van der Waals surface area contributed by atoms with Crippen molar-refractivity contribution in [3.8, 4) is 0 Å². The van der Waals surface area contributed by atoms with Gasteiger partial charge in [0, 0.05) is 19.2 Å². The first-order valence-corrected chi connectivity index (χ1v) is 10.3. The molecule has 0 aromatic heterocycles. The molecule has 0 fully saturated rings. The predicted octanol–water partition coefficient (Wildman–Crippen LogP) is 6.49. The quantitative estimate of drug-likeness (QED) is 0.172. The Labute approximate surface area is 150 Å². The van der Waals surface area contributed by atoms with Crippen molar-refractivity contribution in [1.29, 1.82) is 0 Å². The minimum atomic E-state index is -0.0809. The van der Waals surface area contributed by atoms with Crippen LogP contribution >= 0.6 is 0 Å². The molecule has 0 aromatic carbocycles. The highest BCUT2D eigenvalue weighted by molar-refractivity contribution is 5.84. The van der Waals surface area contributed by atoms with Gasteiger partial charge in [-0.05, 0) is 32.6 Å². The number of hydrogen-bond donors (Lipinski definition) is 0. The zero-order valence-corrected chi connectivity index (χ0v) is 16.6. The molecule has 3 nitrogen and oxygen atoms in total. The van der Waals surface area contributed by atoms with Crippen LogP contribution in [0.4, 0.5) is 0 Å². The summed E-state index contributed by atoms with van der Waals surface area (Å²) in [6.45, 7) is 4.60. The standard InChI is InChI=1S/C21H41NO2/c1-4-6-7-8-9-10-11-12-13-14-15-17-20(22-3)18-16-19-21(23)24-5-2/h4-19H2,1-3H3. The van der Waals surface area contributed by atoms with E-state index in [2.05, 4.69) is 11.9 Å². The Bertz CT molecular complexity index is 313. The van der Waals surface area contributed by atoms with Crippen molar-refractivity contribution in [3.63, 3.8) is 0 Å². The van der Waals surface area contributed by atoms with Gasteiger partial charge in [0.05, 0.1) is 6.61 Å². The lowest BCUT2D eigenvalue weighted by Gasteiger charge is -2.06. The Hall–Kier alpha value is -0.860. The minimum Gasteiger partial charge on any atom is -0.466 e. The van der Waals surface area contributed by atoms with Crippen molar-refractivity contribution in [3.05, 3.63) is 0 Å². The van der Waals surface area contributed by atoms with Crippen LogP contribution in [0, 0.1) is 0 Å². The predicted molar refractivity (Wildman–Crippen MR) is 105 cm³/mol. The largest absolute Gasteiger partial charge is 0.466 e. The summed E-state index contributed by atoms with van der Waals surface area (Å²) in [6.07, 6.45) is 18.5. The molecule has 0 spiro atoms. The Morgan fingerprint density at radius 1 is 0.708 bits per heavy atom. The summed E-state index contributed by atoms with van der Waals surface area (Å²) in [6, 6.07) is 0. The number of aliphatic imine (C=N–C) groups is 1. The Morgan fingerprint density at radius 3 is 1.71 bits per heavy atom. The maximum atomic E-state index is 11.3. The summed E-state index contributed by atoms with van der Waals surface area (Å²) in [4.78, 5) is 15.7. The van der Waals surface area contributed by atoms with E-state index in [1.165, 1.54) is 76.3 Å². The first-order chi connectivity index (χ1) is 11.7. The highest BCUT2D eigenvalue weighted by atomic mass is 16.5. The molecule has 0 saturated carbocycles. The molecule has 0 aliphatic heterocycles. The van der Waals surface area contributed by atoms with Crippen molar-refractivity contribution in [2.45, 2.75) is 110 Å². The molecule has 0 amide bonds. The van der Waals surface area contributed by atoms with Gasteiger partial charge in [0.15, 0.2) is 0 Å². The molecule has 24 heavy (non-hydrogen) atoms. The maximum Gasteiger partial charge on any atom is 0.305 e. The Morgan fingerprint density at radius 2 is 1.21 bits per heavy atom. The van der Waals surface area contributed by atoms with Crippen LogP contribution in [0.3, 0.4) is 0 Å². The zero-order valence-electron chi connectivity index (χ0n) is 16.6. The molecule has 0 unspecified atom stereocenters. The normalized spacial score (nSPS) is 11.7. The van der Waals surface area contributed by atoms with E-state index in [0.29, 0.717) is 13.0 Å². The highest BCUT2D eigenvalue weighted by Gasteiger charge is 2.04. The van der Waals surface area contributed by atoms with E-state index < -0.39 is 0 Å². The second-order valence-corrected chi connectivity index (χ2v) is 6.73. The smallest absolute Gasteiger partial charge is 0.305 e. The molecule has 3 heteroatoms. The van der Waals surface area contributed by atoms with Gasteiger partial charge >= 0.3 is 5.97 Å². The maximum absolute atomic E-state index is 11.3. The van der Waals surface area contributed by atoms with Crippen molar-refractivity contribution >= 4 is 11.7 Å². The number of carbonyl (C=O) groups excluding carboxylic acids is 1. The molecule has 0 aliphatic rings. The third-order valence-corrected chi connectivity index (χ3v) is 4.54. The number of unbranched alkanes of at least 4 members (excludes halogenated alkanes) is 10. The summed E-state index contributed by atoms with van der Waals surface area (Å²) >= 11 is 0. The molecule has 0 atom stereocenters. The van der Waals surface area contributed by atoms with Crippen molar-refractivity contribution in [1.82, 2.24) is 0 Å². The molecule has 0 rings (SSSR count). The summed E-state index contributed by atoms with van der Waals surface area (Å²) in [5.41, 5.74) is 1.26. The van der Waals surface area contributed by atoms with Gasteiger partial charge in [-0.3, -0.25) is 9.79 Å². The summed E-state index contributed by atoms with van der Waals surface area (Å²) in [5, 5.41) is 0. The van der Waals surface area contributed by atoms with Crippen molar-refractivity contribution in [2.24, 2.45) is 4.99 Å². The lowest BCUT2D eigenvalue weighted by molar-refractivity contribution is -0.143. The lowest BCUT2D eigenvalue weighted by Crippen LogP contribution is -2.05. The average Bonchev–Trinajstić information content (AvgIpc) is 2.58. The van der Waals surface area contributed by atoms with E-state index in [0.717, 1.165) is 19.3 Å². The van der Waals surface area contributed by atoms with Gasteiger partial charge in [-0.1, -0.05) is 71.1 Å². The van der Waals surface area contributed by atoms with Gasteiger partial charge in [0.2, 0.25) is 0 Å². The molecular formula is C21H41NO2. The molecule has 0 bridgehead atoms. The molecule has 0 saturated heterocycles. The molecule has 0 aliphatic carbocycles.